The van der Waals surface area contributed by atoms with Crippen LogP contribution in [0.5, 0.6) is 0 Å². The number of likely N-dealkylation sites (tertiary alicyclic amines) is 1. The molecule has 0 aromatic heterocycles. The Balaban J connectivity index is 2.44. The fraction of sp³-hybridized carbons (Fsp3) is 1.00. The third kappa shape index (κ3) is 2.46. The van der Waals surface area contributed by atoms with Crippen LogP contribution in [-0.4, -0.2) is 36.2 Å². The topological polar surface area (TPSA) is 23.5 Å². The molecule has 1 heterocycles. The maximum atomic E-state index is 9.22. The highest BCUT2D eigenvalue weighted by Gasteiger charge is 2.26. The average molecular weight is 171 g/mol. The molecule has 0 amide bonds. The number of aliphatic hydroxyl groups is 1. The fourth-order valence-electron chi connectivity index (χ4n) is 1.87. The highest BCUT2D eigenvalue weighted by molar-refractivity contribution is 4.78. The van der Waals surface area contributed by atoms with E-state index in [2.05, 4.69) is 18.7 Å². The van der Waals surface area contributed by atoms with Gasteiger partial charge in [0.25, 0.3) is 0 Å². The summed E-state index contributed by atoms with van der Waals surface area (Å²) in [5, 5.41) is 9.22. The van der Waals surface area contributed by atoms with Gasteiger partial charge in [-0.2, -0.15) is 0 Å². The molecule has 1 unspecified atom stereocenters. The van der Waals surface area contributed by atoms with E-state index in [0.29, 0.717) is 6.61 Å². The lowest BCUT2D eigenvalue weighted by Gasteiger charge is -2.25. The number of rotatable bonds is 2. The fourth-order valence-corrected chi connectivity index (χ4v) is 1.87. The minimum atomic E-state index is 0.198. The van der Waals surface area contributed by atoms with Gasteiger partial charge in [0.05, 0.1) is 0 Å². The minimum Gasteiger partial charge on any atom is -0.396 e. The molecule has 1 fully saturated rings. The summed E-state index contributed by atoms with van der Waals surface area (Å²) in [7, 11) is 0. The van der Waals surface area contributed by atoms with Crippen LogP contribution < -0.4 is 0 Å². The van der Waals surface area contributed by atoms with Gasteiger partial charge in [0.2, 0.25) is 0 Å². The lowest BCUT2D eigenvalue weighted by Crippen LogP contribution is -2.26. The molecule has 1 saturated heterocycles. The third-order valence-corrected chi connectivity index (χ3v) is 3.12. The number of hydrogen-bond acceptors (Lipinski definition) is 2. The van der Waals surface area contributed by atoms with Crippen LogP contribution in [0.1, 0.15) is 33.1 Å². The standard InChI is InChI=1S/C10H21NO/c1-3-11-7-4-5-10(2,9-12)6-8-11/h12H,3-9H2,1-2H3. The summed E-state index contributed by atoms with van der Waals surface area (Å²) >= 11 is 0. The van der Waals surface area contributed by atoms with Gasteiger partial charge in [-0.1, -0.05) is 13.8 Å². The number of hydrogen-bond donors (Lipinski definition) is 1. The van der Waals surface area contributed by atoms with Crippen molar-refractivity contribution in [2.24, 2.45) is 5.41 Å². The summed E-state index contributed by atoms with van der Waals surface area (Å²) in [5.41, 5.74) is 0.198. The summed E-state index contributed by atoms with van der Waals surface area (Å²) in [4.78, 5) is 2.47. The van der Waals surface area contributed by atoms with Crippen molar-refractivity contribution in [3.05, 3.63) is 0 Å². The van der Waals surface area contributed by atoms with E-state index in [9.17, 15) is 5.11 Å². The van der Waals surface area contributed by atoms with Gasteiger partial charge in [0, 0.05) is 6.61 Å². The Morgan fingerprint density at radius 2 is 2.08 bits per heavy atom. The lowest BCUT2D eigenvalue weighted by molar-refractivity contribution is 0.125. The number of aliphatic hydroxyl groups excluding tert-OH is 1. The van der Waals surface area contributed by atoms with Crippen LogP contribution >= 0.6 is 0 Å². The van der Waals surface area contributed by atoms with Gasteiger partial charge in [-0.05, 0) is 44.3 Å². The summed E-state index contributed by atoms with van der Waals surface area (Å²) < 4.78 is 0. The van der Waals surface area contributed by atoms with Crippen molar-refractivity contribution < 1.29 is 5.11 Å². The van der Waals surface area contributed by atoms with Crippen molar-refractivity contribution in [3.8, 4) is 0 Å². The largest absolute Gasteiger partial charge is 0.396 e. The molecule has 1 aliphatic rings. The van der Waals surface area contributed by atoms with Crippen molar-refractivity contribution in [1.82, 2.24) is 4.90 Å². The average Bonchev–Trinajstić information content (AvgIpc) is 2.28. The Hall–Kier alpha value is -0.0800. The van der Waals surface area contributed by atoms with Crippen LogP contribution in [0.25, 0.3) is 0 Å². The maximum Gasteiger partial charge on any atom is 0.0485 e. The van der Waals surface area contributed by atoms with E-state index >= 15 is 0 Å². The first kappa shape index (κ1) is 10.0. The molecule has 2 nitrogen and oxygen atoms in total. The molecule has 72 valence electrons. The van der Waals surface area contributed by atoms with Gasteiger partial charge in [0.1, 0.15) is 0 Å². The zero-order chi connectivity index (χ0) is 9.03. The maximum absolute atomic E-state index is 9.22. The quantitative estimate of drug-likeness (QED) is 0.680. The monoisotopic (exact) mass is 171 g/mol. The normalized spacial score (nSPS) is 33.2. The van der Waals surface area contributed by atoms with Crippen LogP contribution in [0.2, 0.25) is 0 Å². The van der Waals surface area contributed by atoms with E-state index in [0.717, 1.165) is 19.5 Å². The van der Waals surface area contributed by atoms with Gasteiger partial charge in [-0.3, -0.25) is 0 Å². The zero-order valence-corrected chi connectivity index (χ0v) is 8.34. The van der Waals surface area contributed by atoms with Crippen LogP contribution in [0.4, 0.5) is 0 Å². The molecule has 0 aliphatic carbocycles. The van der Waals surface area contributed by atoms with Crippen molar-refractivity contribution in [2.45, 2.75) is 33.1 Å². The molecular weight excluding hydrogens is 150 g/mol. The molecule has 0 spiro atoms. The molecule has 0 aromatic carbocycles. The van der Waals surface area contributed by atoms with Crippen LogP contribution in [0.3, 0.4) is 0 Å². The van der Waals surface area contributed by atoms with Gasteiger partial charge in [-0.15, -0.1) is 0 Å². The molecule has 0 aromatic rings. The van der Waals surface area contributed by atoms with Crippen LogP contribution in [0, 0.1) is 5.41 Å². The molecule has 0 saturated carbocycles. The SMILES string of the molecule is CCN1CCCC(C)(CO)CC1. The lowest BCUT2D eigenvalue weighted by atomic mass is 9.84. The zero-order valence-electron chi connectivity index (χ0n) is 8.34. The van der Waals surface area contributed by atoms with Gasteiger partial charge in [-0.25, -0.2) is 0 Å². The van der Waals surface area contributed by atoms with Gasteiger partial charge >= 0.3 is 0 Å². The summed E-state index contributed by atoms with van der Waals surface area (Å²) in [6, 6.07) is 0. The molecule has 0 radical (unpaired) electrons. The van der Waals surface area contributed by atoms with Crippen LogP contribution in [-0.2, 0) is 0 Å². The first-order valence-electron chi connectivity index (χ1n) is 5.03. The second-order valence-electron chi connectivity index (χ2n) is 4.26. The minimum absolute atomic E-state index is 0.198. The predicted octanol–water partition coefficient (Wildman–Crippen LogP) is 1.49. The molecule has 1 N–H and O–H groups in total. The Labute approximate surface area is 75.6 Å². The van der Waals surface area contributed by atoms with Gasteiger partial charge in [0.15, 0.2) is 0 Å². The van der Waals surface area contributed by atoms with E-state index in [1.807, 2.05) is 0 Å². The van der Waals surface area contributed by atoms with Crippen molar-refractivity contribution in [1.29, 1.82) is 0 Å². The summed E-state index contributed by atoms with van der Waals surface area (Å²) in [5.74, 6) is 0. The second-order valence-corrected chi connectivity index (χ2v) is 4.26. The first-order chi connectivity index (χ1) is 5.70. The molecule has 1 rings (SSSR count). The summed E-state index contributed by atoms with van der Waals surface area (Å²) in [6.07, 6.45) is 3.57. The predicted molar refractivity (Wildman–Crippen MR) is 51.2 cm³/mol. The highest BCUT2D eigenvalue weighted by Crippen LogP contribution is 2.29. The second kappa shape index (κ2) is 4.24. The molecule has 1 aliphatic heterocycles. The Morgan fingerprint density at radius 3 is 2.67 bits per heavy atom. The molecule has 1 atom stereocenters. The Kier molecular flexibility index (Phi) is 3.53. The molecule has 0 bridgehead atoms. The van der Waals surface area contributed by atoms with Gasteiger partial charge < -0.3 is 10.0 Å². The highest BCUT2D eigenvalue weighted by atomic mass is 16.3. The van der Waals surface area contributed by atoms with Crippen molar-refractivity contribution in [3.63, 3.8) is 0 Å². The van der Waals surface area contributed by atoms with Crippen molar-refractivity contribution in [2.75, 3.05) is 26.2 Å². The van der Waals surface area contributed by atoms with E-state index in [4.69, 9.17) is 0 Å². The Morgan fingerprint density at radius 1 is 1.33 bits per heavy atom. The smallest absolute Gasteiger partial charge is 0.0485 e. The number of nitrogens with zero attached hydrogens (tertiary/aromatic N) is 1. The first-order valence-corrected chi connectivity index (χ1v) is 5.03. The van der Waals surface area contributed by atoms with E-state index in [-0.39, 0.29) is 5.41 Å². The molecule has 2 heteroatoms. The van der Waals surface area contributed by atoms with E-state index < -0.39 is 0 Å². The molecule has 12 heavy (non-hydrogen) atoms. The van der Waals surface area contributed by atoms with E-state index in [1.165, 1.54) is 19.4 Å². The van der Waals surface area contributed by atoms with E-state index in [1.54, 1.807) is 0 Å². The van der Waals surface area contributed by atoms with Crippen LogP contribution in [0.15, 0.2) is 0 Å². The third-order valence-electron chi connectivity index (χ3n) is 3.12. The Bertz CT molecular complexity index is 138. The molecular formula is C10H21NO. The van der Waals surface area contributed by atoms with Crippen molar-refractivity contribution >= 4 is 0 Å². The summed E-state index contributed by atoms with van der Waals surface area (Å²) in [6.45, 7) is 8.29.